The van der Waals surface area contributed by atoms with Gasteiger partial charge in [0.15, 0.2) is 0 Å². The van der Waals surface area contributed by atoms with Crippen molar-refractivity contribution in [1.82, 2.24) is 4.98 Å². The third kappa shape index (κ3) is 2.29. The number of halogens is 1. The van der Waals surface area contributed by atoms with E-state index in [1.54, 1.807) is 24.5 Å². The Balaban J connectivity index is 2.42. The Labute approximate surface area is 114 Å². The van der Waals surface area contributed by atoms with Crippen molar-refractivity contribution >= 4 is 33.0 Å². The van der Waals surface area contributed by atoms with E-state index >= 15 is 0 Å². The van der Waals surface area contributed by atoms with Crippen LogP contribution < -0.4 is 10.6 Å². The molecular weight excluding hydrogens is 292 g/mol. The molecule has 0 aliphatic carbocycles. The summed E-state index contributed by atoms with van der Waals surface area (Å²) in [6.45, 7) is 0. The summed E-state index contributed by atoms with van der Waals surface area (Å²) in [5.41, 5.74) is 8.96. The van der Waals surface area contributed by atoms with Crippen LogP contribution >= 0.6 is 15.9 Å². The molecule has 0 atom stereocenters. The summed E-state index contributed by atoms with van der Waals surface area (Å²) in [7, 11) is 1.91. The summed E-state index contributed by atoms with van der Waals surface area (Å²) >= 11 is 3.44. The maximum atomic E-state index is 8.77. The van der Waals surface area contributed by atoms with Crippen LogP contribution in [-0.4, -0.2) is 12.0 Å². The molecule has 18 heavy (non-hydrogen) atoms. The zero-order chi connectivity index (χ0) is 13.1. The van der Waals surface area contributed by atoms with Crippen LogP contribution in [0.15, 0.2) is 41.1 Å². The summed E-state index contributed by atoms with van der Waals surface area (Å²) in [5, 5.41) is 8.77. The van der Waals surface area contributed by atoms with E-state index in [1.807, 2.05) is 24.1 Å². The first kappa shape index (κ1) is 12.4. The highest BCUT2D eigenvalue weighted by molar-refractivity contribution is 9.10. The number of nitriles is 1. The summed E-state index contributed by atoms with van der Waals surface area (Å²) < 4.78 is 0.828. The summed E-state index contributed by atoms with van der Waals surface area (Å²) in [5.74, 6) is 0. The van der Waals surface area contributed by atoms with E-state index in [2.05, 4.69) is 27.0 Å². The molecule has 0 spiro atoms. The molecule has 0 amide bonds. The molecule has 0 saturated heterocycles. The lowest BCUT2D eigenvalue weighted by atomic mass is 10.2. The highest BCUT2D eigenvalue weighted by Crippen LogP contribution is 2.34. The molecule has 2 rings (SSSR count). The largest absolute Gasteiger partial charge is 0.396 e. The fourth-order valence-corrected chi connectivity index (χ4v) is 2.30. The first-order chi connectivity index (χ1) is 8.63. The highest BCUT2D eigenvalue weighted by atomic mass is 79.9. The van der Waals surface area contributed by atoms with Gasteiger partial charge in [-0.05, 0) is 40.2 Å². The predicted octanol–water partition coefficient (Wildman–Crippen LogP) is 3.07. The Hall–Kier alpha value is -2.06. The molecule has 0 unspecified atom stereocenters. The minimum Gasteiger partial charge on any atom is -0.396 e. The van der Waals surface area contributed by atoms with Crippen LogP contribution in [0, 0.1) is 11.3 Å². The first-order valence-corrected chi connectivity index (χ1v) is 6.05. The molecule has 4 nitrogen and oxygen atoms in total. The molecule has 1 aromatic carbocycles. The summed E-state index contributed by atoms with van der Waals surface area (Å²) in [4.78, 5) is 5.95. The molecule has 0 aliphatic rings. The Morgan fingerprint density at radius 1 is 1.28 bits per heavy atom. The number of rotatable bonds is 2. The van der Waals surface area contributed by atoms with Gasteiger partial charge in [0.2, 0.25) is 0 Å². The van der Waals surface area contributed by atoms with Gasteiger partial charge in [0.05, 0.1) is 33.7 Å². The van der Waals surface area contributed by atoms with Gasteiger partial charge in [-0.25, -0.2) is 0 Å². The summed E-state index contributed by atoms with van der Waals surface area (Å²) in [6.07, 6.45) is 3.31. The van der Waals surface area contributed by atoms with Gasteiger partial charge in [-0.15, -0.1) is 0 Å². The molecule has 1 heterocycles. The minimum atomic E-state index is 0.594. The molecule has 2 N–H and O–H groups in total. The Morgan fingerprint density at radius 3 is 2.50 bits per heavy atom. The van der Waals surface area contributed by atoms with Crippen LogP contribution in [0.3, 0.4) is 0 Å². The van der Waals surface area contributed by atoms with Crippen LogP contribution in [-0.2, 0) is 0 Å². The van der Waals surface area contributed by atoms with Crippen LogP contribution in [0.1, 0.15) is 5.56 Å². The average molecular weight is 303 g/mol. The van der Waals surface area contributed by atoms with Crippen LogP contribution in [0.5, 0.6) is 0 Å². The van der Waals surface area contributed by atoms with E-state index in [1.165, 1.54) is 0 Å². The second-order valence-electron chi connectivity index (χ2n) is 3.78. The van der Waals surface area contributed by atoms with Crippen molar-refractivity contribution in [1.29, 1.82) is 5.26 Å². The first-order valence-electron chi connectivity index (χ1n) is 5.26. The maximum Gasteiger partial charge on any atom is 0.0991 e. The number of pyridine rings is 1. The zero-order valence-corrected chi connectivity index (χ0v) is 11.3. The number of nitrogens with two attached hydrogens (primary N) is 1. The van der Waals surface area contributed by atoms with Crippen molar-refractivity contribution in [3.63, 3.8) is 0 Å². The smallest absolute Gasteiger partial charge is 0.0991 e. The second kappa shape index (κ2) is 5.07. The number of benzene rings is 1. The molecule has 90 valence electrons. The number of anilines is 3. The van der Waals surface area contributed by atoms with E-state index in [4.69, 9.17) is 11.0 Å². The third-order valence-corrected chi connectivity index (χ3v) is 3.20. The summed E-state index contributed by atoms with van der Waals surface area (Å²) in [6, 6.07) is 9.40. The predicted molar refractivity (Wildman–Crippen MR) is 75.6 cm³/mol. The average Bonchev–Trinajstić information content (AvgIpc) is 2.38. The number of aromatic nitrogens is 1. The van der Waals surface area contributed by atoms with Gasteiger partial charge in [-0.2, -0.15) is 5.26 Å². The molecule has 2 aromatic rings. The quantitative estimate of drug-likeness (QED) is 0.926. The molecule has 1 aromatic heterocycles. The standard InChI is InChI=1S/C13H11BrN4/c1-18(10-4-2-9(6-15)3-5-10)13-11(14)7-17-8-12(13)16/h2-5,7-8H,16H2,1H3. The van der Waals surface area contributed by atoms with Crippen molar-refractivity contribution in [2.45, 2.75) is 0 Å². The highest BCUT2D eigenvalue weighted by Gasteiger charge is 2.11. The van der Waals surface area contributed by atoms with Gasteiger partial charge >= 0.3 is 0 Å². The second-order valence-corrected chi connectivity index (χ2v) is 4.63. The topological polar surface area (TPSA) is 65.9 Å². The van der Waals surface area contributed by atoms with Crippen LogP contribution in [0.2, 0.25) is 0 Å². The lowest BCUT2D eigenvalue weighted by molar-refractivity contribution is 1.18. The van der Waals surface area contributed by atoms with E-state index in [9.17, 15) is 0 Å². The molecule has 5 heteroatoms. The number of hydrogen-bond acceptors (Lipinski definition) is 4. The Morgan fingerprint density at radius 2 is 1.94 bits per heavy atom. The molecule has 0 radical (unpaired) electrons. The number of hydrogen-bond donors (Lipinski definition) is 1. The van der Waals surface area contributed by atoms with Crippen molar-refractivity contribution in [3.05, 3.63) is 46.7 Å². The maximum absolute atomic E-state index is 8.77. The van der Waals surface area contributed by atoms with Gasteiger partial charge in [-0.3, -0.25) is 4.98 Å². The normalized spacial score (nSPS) is 9.83. The molecule has 0 aliphatic heterocycles. The van der Waals surface area contributed by atoms with Crippen molar-refractivity contribution in [2.75, 3.05) is 17.7 Å². The minimum absolute atomic E-state index is 0.594. The molecule has 0 bridgehead atoms. The number of nitrogen functional groups attached to an aromatic ring is 1. The zero-order valence-electron chi connectivity index (χ0n) is 9.76. The van der Waals surface area contributed by atoms with E-state index < -0.39 is 0 Å². The fraction of sp³-hybridized carbons (Fsp3) is 0.0769. The Bertz CT molecular complexity index is 581. The van der Waals surface area contributed by atoms with Gasteiger partial charge < -0.3 is 10.6 Å². The molecule has 0 fully saturated rings. The van der Waals surface area contributed by atoms with Gasteiger partial charge in [0, 0.05) is 18.9 Å². The van der Waals surface area contributed by atoms with E-state index in [0.29, 0.717) is 11.3 Å². The molecular formula is C13H11BrN4. The van der Waals surface area contributed by atoms with Gasteiger partial charge in [-0.1, -0.05) is 0 Å². The molecule has 0 saturated carbocycles. The van der Waals surface area contributed by atoms with Crippen molar-refractivity contribution in [2.24, 2.45) is 0 Å². The van der Waals surface area contributed by atoms with Gasteiger partial charge in [0.25, 0.3) is 0 Å². The van der Waals surface area contributed by atoms with Crippen molar-refractivity contribution < 1.29 is 0 Å². The van der Waals surface area contributed by atoms with Crippen LogP contribution in [0.4, 0.5) is 17.1 Å². The fourth-order valence-electron chi connectivity index (χ4n) is 1.69. The van der Waals surface area contributed by atoms with E-state index in [-0.39, 0.29) is 0 Å². The van der Waals surface area contributed by atoms with E-state index in [0.717, 1.165) is 15.8 Å². The lowest BCUT2D eigenvalue weighted by Crippen LogP contribution is -2.12. The third-order valence-electron chi connectivity index (χ3n) is 2.62. The van der Waals surface area contributed by atoms with Gasteiger partial charge in [0.1, 0.15) is 0 Å². The monoisotopic (exact) mass is 302 g/mol. The SMILES string of the molecule is CN(c1ccc(C#N)cc1)c1c(N)cncc1Br. The Kier molecular flexibility index (Phi) is 3.49. The van der Waals surface area contributed by atoms with Crippen molar-refractivity contribution in [3.8, 4) is 6.07 Å². The number of nitrogens with zero attached hydrogens (tertiary/aromatic N) is 3. The van der Waals surface area contributed by atoms with Crippen LogP contribution in [0.25, 0.3) is 0 Å². The lowest BCUT2D eigenvalue weighted by Gasteiger charge is -2.22.